The van der Waals surface area contributed by atoms with Crippen molar-refractivity contribution < 1.29 is 29.8 Å². The van der Waals surface area contributed by atoms with Gasteiger partial charge in [0, 0.05) is 10.4 Å². The first kappa shape index (κ1) is 16.9. The monoisotopic (exact) mass is 328 g/mol. The number of aliphatic hydroxyl groups is 2. The van der Waals surface area contributed by atoms with E-state index in [1.807, 2.05) is 0 Å². The van der Waals surface area contributed by atoms with Gasteiger partial charge in [-0.3, -0.25) is 4.79 Å². The Labute approximate surface area is 132 Å². The molecule has 1 aromatic rings. The van der Waals surface area contributed by atoms with Crippen LogP contribution in [0.25, 0.3) is 0 Å². The lowest BCUT2D eigenvalue weighted by atomic mass is 10.1. The van der Waals surface area contributed by atoms with Crippen LogP contribution in [0.3, 0.4) is 0 Å². The zero-order valence-corrected chi connectivity index (χ0v) is 13.0. The number of anilines is 1. The molecule has 0 saturated heterocycles. The number of carboxylic acid groups (broad SMARTS) is 1. The summed E-state index contributed by atoms with van der Waals surface area (Å²) < 4.78 is 0. The van der Waals surface area contributed by atoms with Crippen LogP contribution in [0.4, 0.5) is 5.00 Å². The summed E-state index contributed by atoms with van der Waals surface area (Å²) in [5.41, 5.74) is 0.895. The lowest BCUT2D eigenvalue weighted by Crippen LogP contribution is -3.14. The van der Waals surface area contributed by atoms with E-state index in [9.17, 15) is 14.7 Å². The Morgan fingerprint density at radius 1 is 1.23 bits per heavy atom. The van der Waals surface area contributed by atoms with Crippen LogP contribution in [0.15, 0.2) is 0 Å². The number of rotatable bonds is 8. The average molecular weight is 328 g/mol. The number of aliphatic hydroxyl groups excluding tert-OH is 2. The lowest BCUT2D eigenvalue weighted by molar-refractivity contribution is -0.892. The molecule has 0 saturated carbocycles. The van der Waals surface area contributed by atoms with Gasteiger partial charge in [-0.15, -0.1) is 11.3 Å². The molecule has 22 heavy (non-hydrogen) atoms. The number of quaternary nitrogens is 1. The second kappa shape index (κ2) is 7.68. The van der Waals surface area contributed by atoms with Crippen LogP contribution in [0, 0.1) is 0 Å². The molecule has 1 amide bonds. The Bertz CT molecular complexity index is 552. The van der Waals surface area contributed by atoms with Crippen molar-refractivity contribution in [1.29, 1.82) is 0 Å². The van der Waals surface area contributed by atoms with E-state index >= 15 is 0 Å². The number of aromatic carboxylic acids is 1. The van der Waals surface area contributed by atoms with E-state index in [2.05, 4.69) is 5.32 Å². The van der Waals surface area contributed by atoms with Crippen molar-refractivity contribution in [3.8, 4) is 0 Å². The molecule has 0 aliphatic heterocycles. The standard InChI is InChI=1S/C14H20N2O5S/c17-6-4-16(5-7-18)8-11(19)15-13-12(14(20)21)9-2-1-3-10(9)22-13/h17-18H,1-8H2,(H,15,19)(H,20,21). The van der Waals surface area contributed by atoms with Gasteiger partial charge in [-0.1, -0.05) is 0 Å². The summed E-state index contributed by atoms with van der Waals surface area (Å²) in [5, 5.41) is 32.2. The highest BCUT2D eigenvalue weighted by atomic mass is 32.1. The van der Waals surface area contributed by atoms with Crippen molar-refractivity contribution >= 4 is 28.2 Å². The molecule has 1 aromatic heterocycles. The molecule has 2 rings (SSSR count). The van der Waals surface area contributed by atoms with Crippen molar-refractivity contribution in [2.24, 2.45) is 0 Å². The third-order valence-corrected chi connectivity index (χ3v) is 4.93. The number of thiophene rings is 1. The SMILES string of the molecule is O=C(C[NH+](CCO)CCO)Nc1sc2c(c1C(=O)[O-])CCC2. The number of hydrogen-bond acceptors (Lipinski definition) is 6. The predicted octanol–water partition coefficient (Wildman–Crippen LogP) is -2.59. The third kappa shape index (κ3) is 3.83. The number of carboxylic acids is 1. The summed E-state index contributed by atoms with van der Waals surface area (Å²) in [5.74, 6) is -1.59. The second-order valence-electron chi connectivity index (χ2n) is 5.27. The maximum atomic E-state index is 12.1. The summed E-state index contributed by atoms with van der Waals surface area (Å²) >= 11 is 1.30. The van der Waals surface area contributed by atoms with E-state index in [0.717, 1.165) is 28.2 Å². The Kier molecular flexibility index (Phi) is 5.90. The maximum absolute atomic E-state index is 12.1. The van der Waals surface area contributed by atoms with Crippen LogP contribution in [-0.2, 0) is 17.6 Å². The van der Waals surface area contributed by atoms with Gasteiger partial charge in [-0.05, 0) is 24.8 Å². The first-order chi connectivity index (χ1) is 10.6. The molecule has 122 valence electrons. The van der Waals surface area contributed by atoms with E-state index in [0.29, 0.717) is 24.5 Å². The van der Waals surface area contributed by atoms with Gasteiger partial charge in [0.1, 0.15) is 18.1 Å². The summed E-state index contributed by atoms with van der Waals surface area (Å²) in [6.45, 7) is 0.598. The maximum Gasteiger partial charge on any atom is 0.280 e. The number of carbonyl (C=O) groups is 2. The first-order valence-corrected chi connectivity index (χ1v) is 8.09. The lowest BCUT2D eigenvalue weighted by Gasteiger charge is -2.17. The smallest absolute Gasteiger partial charge is 0.280 e. The second-order valence-corrected chi connectivity index (χ2v) is 6.38. The molecule has 1 heterocycles. The number of nitrogens with one attached hydrogen (secondary N) is 2. The van der Waals surface area contributed by atoms with Gasteiger partial charge in [0.05, 0.1) is 19.2 Å². The third-order valence-electron chi connectivity index (χ3n) is 3.72. The molecule has 0 aromatic carbocycles. The van der Waals surface area contributed by atoms with Crippen molar-refractivity contribution in [2.45, 2.75) is 19.3 Å². The highest BCUT2D eigenvalue weighted by molar-refractivity contribution is 7.17. The van der Waals surface area contributed by atoms with E-state index in [1.165, 1.54) is 11.3 Å². The van der Waals surface area contributed by atoms with Gasteiger partial charge in [0.2, 0.25) is 0 Å². The Hall–Kier alpha value is -1.48. The molecular weight excluding hydrogens is 308 g/mol. The van der Waals surface area contributed by atoms with Gasteiger partial charge < -0.3 is 30.3 Å². The van der Waals surface area contributed by atoms with Crippen LogP contribution in [0.5, 0.6) is 0 Å². The molecule has 8 heteroatoms. The number of amides is 1. The molecular formula is C14H20N2O5S. The number of aryl methyl sites for hydroxylation is 1. The largest absolute Gasteiger partial charge is 0.545 e. The first-order valence-electron chi connectivity index (χ1n) is 7.27. The summed E-state index contributed by atoms with van der Waals surface area (Å²) in [7, 11) is 0. The fourth-order valence-electron chi connectivity index (χ4n) is 2.72. The average Bonchev–Trinajstić information content (AvgIpc) is 2.98. The molecule has 0 bridgehead atoms. The molecule has 1 aliphatic rings. The van der Waals surface area contributed by atoms with Crippen LogP contribution in [-0.4, -0.2) is 54.9 Å². The van der Waals surface area contributed by atoms with Gasteiger partial charge in [0.15, 0.2) is 6.54 Å². The zero-order valence-electron chi connectivity index (χ0n) is 12.2. The molecule has 0 fully saturated rings. The van der Waals surface area contributed by atoms with Crippen molar-refractivity contribution in [3.05, 3.63) is 16.0 Å². The quantitative estimate of drug-likeness (QED) is 0.418. The topological polar surface area (TPSA) is 114 Å². The molecule has 0 unspecified atom stereocenters. The summed E-state index contributed by atoms with van der Waals surface area (Å²) in [6, 6.07) is 0. The minimum atomic E-state index is -1.26. The van der Waals surface area contributed by atoms with E-state index in [1.54, 1.807) is 0 Å². The fraction of sp³-hybridized carbons (Fsp3) is 0.571. The minimum absolute atomic E-state index is 0.0656. The highest BCUT2D eigenvalue weighted by Gasteiger charge is 2.24. The Morgan fingerprint density at radius 2 is 1.91 bits per heavy atom. The van der Waals surface area contributed by atoms with Gasteiger partial charge in [-0.2, -0.15) is 0 Å². The summed E-state index contributed by atoms with van der Waals surface area (Å²) in [6.07, 6.45) is 2.47. The molecule has 0 radical (unpaired) electrons. The van der Waals surface area contributed by atoms with Crippen LogP contribution >= 0.6 is 11.3 Å². The van der Waals surface area contributed by atoms with Crippen molar-refractivity contribution in [1.82, 2.24) is 0 Å². The van der Waals surface area contributed by atoms with E-state index in [4.69, 9.17) is 10.2 Å². The van der Waals surface area contributed by atoms with Gasteiger partial charge in [-0.25, -0.2) is 0 Å². The van der Waals surface area contributed by atoms with Crippen LogP contribution in [0.2, 0.25) is 0 Å². The summed E-state index contributed by atoms with van der Waals surface area (Å²) in [4.78, 5) is 25.1. The number of fused-ring (bicyclic) bond motifs is 1. The van der Waals surface area contributed by atoms with Crippen LogP contribution in [0.1, 0.15) is 27.2 Å². The Morgan fingerprint density at radius 3 is 2.50 bits per heavy atom. The molecule has 0 spiro atoms. The number of carbonyl (C=O) groups excluding carboxylic acids is 2. The Balaban J connectivity index is 2.07. The van der Waals surface area contributed by atoms with Gasteiger partial charge >= 0.3 is 0 Å². The highest BCUT2D eigenvalue weighted by Crippen LogP contribution is 2.38. The van der Waals surface area contributed by atoms with Crippen molar-refractivity contribution in [2.75, 3.05) is 38.2 Å². The van der Waals surface area contributed by atoms with E-state index < -0.39 is 5.97 Å². The minimum Gasteiger partial charge on any atom is -0.545 e. The molecule has 7 nitrogen and oxygen atoms in total. The van der Waals surface area contributed by atoms with E-state index in [-0.39, 0.29) is 31.2 Å². The normalized spacial score (nSPS) is 13.4. The van der Waals surface area contributed by atoms with Gasteiger partial charge in [0.25, 0.3) is 5.91 Å². The molecule has 4 N–H and O–H groups in total. The van der Waals surface area contributed by atoms with Crippen molar-refractivity contribution in [3.63, 3.8) is 0 Å². The zero-order chi connectivity index (χ0) is 16.1. The molecule has 1 aliphatic carbocycles. The van der Waals surface area contributed by atoms with Crippen LogP contribution < -0.4 is 15.3 Å². The molecule has 0 atom stereocenters. The number of hydrogen-bond donors (Lipinski definition) is 4. The predicted molar refractivity (Wildman–Crippen MR) is 79.0 cm³/mol. The fourth-order valence-corrected chi connectivity index (χ4v) is 4.02.